The number of likely N-dealkylation sites (N-methyl/N-ethyl adjacent to an activating group) is 1. The Morgan fingerprint density at radius 2 is 1.76 bits per heavy atom. The number of nitrogens with zero attached hydrogens (tertiary/aromatic N) is 1. The lowest BCUT2D eigenvalue weighted by Gasteiger charge is -2.31. The molecule has 2 aromatic carbocycles. The molecule has 1 atom stereocenters. The van der Waals surface area contributed by atoms with Crippen LogP contribution in [0.15, 0.2) is 36.4 Å². The normalized spacial score (nSPS) is 11.8. The van der Waals surface area contributed by atoms with Crippen molar-refractivity contribution >= 4 is 35.0 Å². The third-order valence-corrected chi connectivity index (χ3v) is 5.61. The molecule has 0 aliphatic carbocycles. The van der Waals surface area contributed by atoms with Crippen LogP contribution in [-0.4, -0.2) is 29.3 Å². The summed E-state index contributed by atoms with van der Waals surface area (Å²) in [5.41, 5.74) is 4.00. The summed E-state index contributed by atoms with van der Waals surface area (Å²) in [6, 6.07) is 10.6. The quantitative estimate of drug-likeness (QED) is 0.628. The number of carbonyl (C=O) groups is 2. The number of hydrogen-bond acceptors (Lipinski definition) is 2. The van der Waals surface area contributed by atoms with Crippen LogP contribution in [0, 0.1) is 13.8 Å². The zero-order valence-electron chi connectivity index (χ0n) is 17.4. The van der Waals surface area contributed by atoms with E-state index in [2.05, 4.69) is 5.32 Å². The lowest BCUT2D eigenvalue weighted by atomic mass is 10.0. The van der Waals surface area contributed by atoms with Crippen molar-refractivity contribution in [2.75, 3.05) is 6.54 Å². The van der Waals surface area contributed by atoms with E-state index in [0.717, 1.165) is 16.7 Å². The fourth-order valence-electron chi connectivity index (χ4n) is 3.23. The maximum absolute atomic E-state index is 13.3. The van der Waals surface area contributed by atoms with E-state index in [4.69, 9.17) is 23.2 Å². The number of hydrogen-bond donors (Lipinski definition) is 1. The number of rotatable bonds is 8. The van der Waals surface area contributed by atoms with Crippen LogP contribution < -0.4 is 5.32 Å². The van der Waals surface area contributed by atoms with Crippen LogP contribution in [0.3, 0.4) is 0 Å². The van der Waals surface area contributed by atoms with E-state index < -0.39 is 6.04 Å². The first-order chi connectivity index (χ1) is 13.8. The third-order valence-electron chi connectivity index (χ3n) is 5.02. The van der Waals surface area contributed by atoms with Crippen LogP contribution in [-0.2, 0) is 22.6 Å². The molecule has 6 heteroatoms. The van der Waals surface area contributed by atoms with E-state index in [1.54, 1.807) is 23.1 Å². The largest absolute Gasteiger partial charge is 0.355 e. The number of amides is 2. The van der Waals surface area contributed by atoms with E-state index in [1.807, 2.05) is 45.9 Å². The first-order valence-electron chi connectivity index (χ1n) is 9.84. The maximum atomic E-state index is 13.3. The van der Waals surface area contributed by atoms with Crippen molar-refractivity contribution < 1.29 is 9.59 Å². The minimum Gasteiger partial charge on any atom is -0.355 e. The standard InChI is InChI=1S/C23H28Cl2N2O2/c1-5-21(23(29)26-6-2)27(14-18-9-10-19(24)13-20(18)25)22(28)12-17-8-7-15(3)16(4)11-17/h7-11,13,21H,5-6,12,14H2,1-4H3,(H,26,29)/t21-/m0/s1. The Labute approximate surface area is 183 Å². The Morgan fingerprint density at radius 1 is 1.03 bits per heavy atom. The van der Waals surface area contributed by atoms with Gasteiger partial charge in [0.05, 0.1) is 6.42 Å². The second-order valence-electron chi connectivity index (χ2n) is 7.17. The van der Waals surface area contributed by atoms with Gasteiger partial charge in [0.25, 0.3) is 0 Å². The van der Waals surface area contributed by atoms with E-state index >= 15 is 0 Å². The minimum atomic E-state index is -0.569. The predicted molar refractivity (Wildman–Crippen MR) is 119 cm³/mol. The van der Waals surface area contributed by atoms with Crippen molar-refractivity contribution in [2.24, 2.45) is 0 Å². The average molecular weight is 435 g/mol. The summed E-state index contributed by atoms with van der Waals surface area (Å²) in [4.78, 5) is 27.5. The van der Waals surface area contributed by atoms with Gasteiger partial charge in [0, 0.05) is 23.1 Å². The number of carbonyl (C=O) groups excluding carboxylic acids is 2. The van der Waals surface area contributed by atoms with Crippen molar-refractivity contribution in [1.82, 2.24) is 10.2 Å². The molecule has 0 saturated carbocycles. The first kappa shape index (κ1) is 23.2. The van der Waals surface area contributed by atoms with Gasteiger partial charge in [-0.3, -0.25) is 9.59 Å². The molecule has 0 aliphatic heterocycles. The van der Waals surface area contributed by atoms with Crippen LogP contribution in [0.1, 0.15) is 42.5 Å². The van der Waals surface area contributed by atoms with Crippen LogP contribution in [0.5, 0.6) is 0 Å². The molecule has 0 bridgehead atoms. The second kappa shape index (κ2) is 10.7. The Hall–Kier alpha value is -2.04. The Kier molecular flexibility index (Phi) is 8.54. The van der Waals surface area contributed by atoms with Crippen molar-refractivity contribution in [3.63, 3.8) is 0 Å². The van der Waals surface area contributed by atoms with Crippen molar-refractivity contribution in [3.05, 3.63) is 68.7 Å². The summed E-state index contributed by atoms with van der Waals surface area (Å²) in [6.07, 6.45) is 0.734. The molecule has 2 rings (SSSR count). The molecule has 0 aromatic heterocycles. The van der Waals surface area contributed by atoms with Gasteiger partial charge in [0.2, 0.25) is 11.8 Å². The van der Waals surface area contributed by atoms with Gasteiger partial charge in [-0.2, -0.15) is 0 Å². The lowest BCUT2D eigenvalue weighted by Crippen LogP contribution is -2.49. The Bertz CT molecular complexity index is 883. The predicted octanol–water partition coefficient (Wildman–Crippen LogP) is 5.10. The molecule has 0 saturated heterocycles. The van der Waals surface area contributed by atoms with Gasteiger partial charge in [-0.25, -0.2) is 0 Å². The number of aryl methyl sites for hydroxylation is 2. The summed E-state index contributed by atoms with van der Waals surface area (Å²) >= 11 is 12.3. The number of benzene rings is 2. The summed E-state index contributed by atoms with van der Waals surface area (Å²) < 4.78 is 0. The SMILES string of the molecule is CCNC(=O)[C@H](CC)N(Cc1ccc(Cl)cc1Cl)C(=O)Cc1ccc(C)c(C)c1. The molecule has 2 aromatic rings. The number of halogens is 2. The van der Waals surface area contributed by atoms with E-state index in [9.17, 15) is 9.59 Å². The van der Waals surface area contributed by atoms with E-state index in [1.165, 1.54) is 5.56 Å². The van der Waals surface area contributed by atoms with Crippen molar-refractivity contribution in [2.45, 2.75) is 53.1 Å². The maximum Gasteiger partial charge on any atom is 0.242 e. The minimum absolute atomic E-state index is 0.114. The molecule has 0 unspecified atom stereocenters. The summed E-state index contributed by atoms with van der Waals surface area (Å²) in [7, 11) is 0. The van der Waals surface area contributed by atoms with E-state index in [-0.39, 0.29) is 24.8 Å². The van der Waals surface area contributed by atoms with Gasteiger partial charge in [-0.05, 0) is 61.6 Å². The molecule has 2 amide bonds. The second-order valence-corrected chi connectivity index (χ2v) is 8.02. The molecule has 4 nitrogen and oxygen atoms in total. The number of nitrogens with one attached hydrogen (secondary N) is 1. The van der Waals surface area contributed by atoms with Gasteiger partial charge in [0.1, 0.15) is 6.04 Å². The fourth-order valence-corrected chi connectivity index (χ4v) is 3.70. The molecule has 1 N–H and O–H groups in total. The van der Waals surface area contributed by atoms with Crippen molar-refractivity contribution in [1.29, 1.82) is 0 Å². The topological polar surface area (TPSA) is 49.4 Å². The molecule has 0 spiro atoms. The molecular formula is C23H28Cl2N2O2. The molecule has 0 aliphatic rings. The zero-order valence-corrected chi connectivity index (χ0v) is 18.9. The summed E-state index contributed by atoms with van der Waals surface area (Å²) in [5, 5.41) is 3.84. The highest BCUT2D eigenvalue weighted by Crippen LogP contribution is 2.24. The van der Waals surface area contributed by atoms with Gasteiger partial charge >= 0.3 is 0 Å². The van der Waals surface area contributed by atoms with E-state index in [0.29, 0.717) is 23.0 Å². The highest BCUT2D eigenvalue weighted by Gasteiger charge is 2.28. The lowest BCUT2D eigenvalue weighted by molar-refractivity contribution is -0.140. The van der Waals surface area contributed by atoms with Gasteiger partial charge in [-0.1, -0.05) is 54.4 Å². The Morgan fingerprint density at radius 3 is 2.34 bits per heavy atom. The van der Waals surface area contributed by atoms with Crippen molar-refractivity contribution in [3.8, 4) is 0 Å². The van der Waals surface area contributed by atoms with Crippen LogP contribution in [0.2, 0.25) is 10.0 Å². The summed E-state index contributed by atoms with van der Waals surface area (Å²) in [5.74, 6) is -0.272. The molecule has 0 radical (unpaired) electrons. The van der Waals surface area contributed by atoms with Gasteiger partial charge < -0.3 is 10.2 Å². The molecular weight excluding hydrogens is 407 g/mol. The first-order valence-corrected chi connectivity index (χ1v) is 10.6. The average Bonchev–Trinajstić information content (AvgIpc) is 2.66. The zero-order chi connectivity index (χ0) is 21.6. The molecule has 156 valence electrons. The summed E-state index contributed by atoms with van der Waals surface area (Å²) in [6.45, 7) is 8.59. The van der Waals surface area contributed by atoms with Gasteiger partial charge in [-0.15, -0.1) is 0 Å². The van der Waals surface area contributed by atoms with Crippen LogP contribution in [0.4, 0.5) is 0 Å². The molecule has 0 heterocycles. The molecule has 29 heavy (non-hydrogen) atoms. The van der Waals surface area contributed by atoms with Crippen LogP contribution >= 0.6 is 23.2 Å². The third kappa shape index (κ3) is 6.22. The van der Waals surface area contributed by atoms with Gasteiger partial charge in [0.15, 0.2) is 0 Å². The monoisotopic (exact) mass is 434 g/mol. The highest BCUT2D eigenvalue weighted by molar-refractivity contribution is 6.35. The smallest absolute Gasteiger partial charge is 0.242 e. The highest BCUT2D eigenvalue weighted by atomic mass is 35.5. The van der Waals surface area contributed by atoms with Crippen LogP contribution in [0.25, 0.3) is 0 Å². The Balaban J connectivity index is 2.34. The molecule has 0 fully saturated rings. The fraction of sp³-hybridized carbons (Fsp3) is 0.391.